The summed E-state index contributed by atoms with van der Waals surface area (Å²) in [7, 11) is 1.59. The van der Waals surface area contributed by atoms with E-state index in [4.69, 9.17) is 5.11 Å². The molecule has 0 saturated heterocycles. The highest BCUT2D eigenvalue weighted by atomic mass is 16.4. The summed E-state index contributed by atoms with van der Waals surface area (Å²) < 4.78 is 0. The molecule has 0 aliphatic carbocycles. The van der Waals surface area contributed by atoms with Gasteiger partial charge in [0.05, 0.1) is 0 Å². The van der Waals surface area contributed by atoms with E-state index in [9.17, 15) is 9.59 Å². The number of nitrogens with one attached hydrogen (secondary N) is 1. The van der Waals surface area contributed by atoms with Crippen LogP contribution in [0.5, 0.6) is 0 Å². The molecular formula is C10H17NO3. The van der Waals surface area contributed by atoms with Crippen LogP contribution < -0.4 is 5.32 Å². The lowest BCUT2D eigenvalue weighted by Crippen LogP contribution is -2.18. The maximum absolute atomic E-state index is 11.0. The fourth-order valence-corrected chi connectivity index (χ4v) is 1.03. The van der Waals surface area contributed by atoms with Gasteiger partial charge in [-0.15, -0.1) is 0 Å². The van der Waals surface area contributed by atoms with Crippen LogP contribution in [0.1, 0.15) is 32.6 Å². The van der Waals surface area contributed by atoms with Crippen molar-refractivity contribution in [2.24, 2.45) is 0 Å². The van der Waals surface area contributed by atoms with Crippen molar-refractivity contribution in [2.75, 3.05) is 7.05 Å². The number of amides is 1. The molecule has 0 aliphatic heterocycles. The Morgan fingerprint density at radius 3 is 2.50 bits per heavy atom. The Balaban J connectivity index is 3.61. The van der Waals surface area contributed by atoms with Gasteiger partial charge in [-0.2, -0.15) is 0 Å². The minimum Gasteiger partial charge on any atom is -0.481 e. The molecule has 0 heterocycles. The zero-order valence-corrected chi connectivity index (χ0v) is 8.67. The SMILES string of the molecule is CNC(=O)/C(C)=C/CCCCC(=O)O. The van der Waals surface area contributed by atoms with E-state index in [1.807, 2.05) is 6.08 Å². The summed E-state index contributed by atoms with van der Waals surface area (Å²) in [6.45, 7) is 1.75. The van der Waals surface area contributed by atoms with Crippen molar-refractivity contribution in [2.45, 2.75) is 32.6 Å². The average Bonchev–Trinajstić information content (AvgIpc) is 2.15. The lowest BCUT2D eigenvalue weighted by molar-refractivity contribution is -0.137. The van der Waals surface area contributed by atoms with E-state index in [0.29, 0.717) is 12.0 Å². The van der Waals surface area contributed by atoms with Gasteiger partial charge < -0.3 is 10.4 Å². The molecule has 0 unspecified atom stereocenters. The van der Waals surface area contributed by atoms with E-state index >= 15 is 0 Å². The Labute approximate surface area is 84.0 Å². The standard InChI is InChI=1S/C10H17NO3/c1-8(10(14)11-2)6-4-3-5-7-9(12)13/h6H,3-5,7H2,1-2H3,(H,11,14)(H,12,13)/b8-6+. The third-order valence-corrected chi connectivity index (χ3v) is 1.88. The summed E-state index contributed by atoms with van der Waals surface area (Å²) in [5.41, 5.74) is 0.683. The predicted octanol–water partition coefficient (Wildman–Crippen LogP) is 1.32. The van der Waals surface area contributed by atoms with E-state index in [-0.39, 0.29) is 12.3 Å². The summed E-state index contributed by atoms with van der Waals surface area (Å²) in [4.78, 5) is 21.2. The van der Waals surface area contributed by atoms with Gasteiger partial charge in [-0.05, 0) is 26.2 Å². The minimum absolute atomic E-state index is 0.0803. The normalized spacial score (nSPS) is 11.1. The van der Waals surface area contributed by atoms with E-state index in [1.54, 1.807) is 14.0 Å². The second-order valence-corrected chi connectivity index (χ2v) is 3.11. The van der Waals surface area contributed by atoms with Crippen LogP contribution in [-0.2, 0) is 9.59 Å². The first-order chi connectivity index (χ1) is 6.57. The first kappa shape index (κ1) is 12.7. The van der Waals surface area contributed by atoms with Crippen molar-refractivity contribution in [3.05, 3.63) is 11.6 Å². The van der Waals surface area contributed by atoms with Crippen molar-refractivity contribution < 1.29 is 14.7 Å². The molecular weight excluding hydrogens is 182 g/mol. The first-order valence-electron chi connectivity index (χ1n) is 4.68. The quantitative estimate of drug-likeness (QED) is 0.501. The number of carbonyl (C=O) groups is 2. The molecule has 0 bridgehead atoms. The van der Waals surface area contributed by atoms with Gasteiger partial charge in [0.25, 0.3) is 0 Å². The highest BCUT2D eigenvalue weighted by Gasteiger charge is 1.99. The molecule has 14 heavy (non-hydrogen) atoms. The van der Waals surface area contributed by atoms with Gasteiger partial charge in [-0.1, -0.05) is 6.08 Å². The molecule has 0 aromatic rings. The zero-order chi connectivity index (χ0) is 11.0. The second kappa shape index (κ2) is 7.12. The molecule has 4 nitrogen and oxygen atoms in total. The molecule has 0 aliphatic rings. The molecule has 0 aromatic carbocycles. The van der Waals surface area contributed by atoms with Gasteiger partial charge in [0.1, 0.15) is 0 Å². The summed E-state index contributed by atoms with van der Waals surface area (Å²) in [5, 5.41) is 10.9. The van der Waals surface area contributed by atoms with Gasteiger partial charge in [0.2, 0.25) is 5.91 Å². The minimum atomic E-state index is -0.767. The monoisotopic (exact) mass is 199 g/mol. The number of unbranched alkanes of at least 4 members (excludes halogenated alkanes) is 2. The lowest BCUT2D eigenvalue weighted by Gasteiger charge is -1.99. The number of carboxylic acid groups (broad SMARTS) is 1. The van der Waals surface area contributed by atoms with Crippen molar-refractivity contribution in [1.82, 2.24) is 5.32 Å². The molecule has 0 radical (unpaired) electrons. The third kappa shape index (κ3) is 6.22. The van der Waals surface area contributed by atoms with E-state index in [1.165, 1.54) is 0 Å². The van der Waals surface area contributed by atoms with E-state index in [0.717, 1.165) is 12.8 Å². The Kier molecular flexibility index (Phi) is 6.45. The van der Waals surface area contributed by atoms with Crippen LogP contribution in [0.4, 0.5) is 0 Å². The molecule has 0 rings (SSSR count). The van der Waals surface area contributed by atoms with Gasteiger partial charge in [0, 0.05) is 19.0 Å². The molecule has 0 aromatic heterocycles. The van der Waals surface area contributed by atoms with Crippen LogP contribution >= 0.6 is 0 Å². The van der Waals surface area contributed by atoms with Crippen molar-refractivity contribution in [1.29, 1.82) is 0 Å². The highest BCUT2D eigenvalue weighted by molar-refractivity contribution is 5.92. The maximum atomic E-state index is 11.0. The summed E-state index contributed by atoms with van der Waals surface area (Å²) >= 11 is 0. The Morgan fingerprint density at radius 1 is 1.36 bits per heavy atom. The highest BCUT2D eigenvalue weighted by Crippen LogP contribution is 2.03. The van der Waals surface area contributed by atoms with Crippen LogP contribution in [0.25, 0.3) is 0 Å². The molecule has 2 N–H and O–H groups in total. The summed E-state index contributed by atoms with van der Waals surface area (Å²) in [6.07, 6.45) is 4.26. The van der Waals surface area contributed by atoms with E-state index < -0.39 is 5.97 Å². The van der Waals surface area contributed by atoms with Crippen LogP contribution in [0, 0.1) is 0 Å². The Morgan fingerprint density at radius 2 is 2.00 bits per heavy atom. The average molecular weight is 199 g/mol. The first-order valence-corrected chi connectivity index (χ1v) is 4.68. The van der Waals surface area contributed by atoms with Crippen molar-refractivity contribution in [3.63, 3.8) is 0 Å². The van der Waals surface area contributed by atoms with Gasteiger partial charge in [-0.3, -0.25) is 9.59 Å². The van der Waals surface area contributed by atoms with Gasteiger partial charge >= 0.3 is 5.97 Å². The number of hydrogen-bond donors (Lipinski definition) is 2. The number of carbonyl (C=O) groups excluding carboxylic acids is 1. The largest absolute Gasteiger partial charge is 0.481 e. The third-order valence-electron chi connectivity index (χ3n) is 1.88. The van der Waals surface area contributed by atoms with Crippen molar-refractivity contribution >= 4 is 11.9 Å². The molecule has 4 heteroatoms. The number of carboxylic acids is 1. The zero-order valence-electron chi connectivity index (χ0n) is 8.67. The predicted molar refractivity (Wildman–Crippen MR) is 53.9 cm³/mol. The molecule has 0 spiro atoms. The maximum Gasteiger partial charge on any atom is 0.303 e. The number of allylic oxidation sites excluding steroid dienone is 1. The Hall–Kier alpha value is -1.32. The van der Waals surface area contributed by atoms with Gasteiger partial charge in [-0.25, -0.2) is 0 Å². The van der Waals surface area contributed by atoms with Crippen LogP contribution in [0.2, 0.25) is 0 Å². The molecule has 80 valence electrons. The molecule has 0 atom stereocenters. The summed E-state index contributed by atoms with van der Waals surface area (Å²) in [6, 6.07) is 0. The van der Waals surface area contributed by atoms with Crippen LogP contribution in [0.15, 0.2) is 11.6 Å². The molecule has 0 fully saturated rings. The Bertz CT molecular complexity index is 234. The number of likely N-dealkylation sites (N-methyl/N-ethyl adjacent to an activating group) is 1. The fraction of sp³-hybridized carbons (Fsp3) is 0.600. The number of aliphatic carboxylic acids is 1. The lowest BCUT2D eigenvalue weighted by atomic mass is 10.1. The van der Waals surface area contributed by atoms with Crippen LogP contribution in [-0.4, -0.2) is 24.0 Å². The number of rotatable bonds is 6. The van der Waals surface area contributed by atoms with Crippen LogP contribution in [0.3, 0.4) is 0 Å². The smallest absolute Gasteiger partial charge is 0.303 e. The second-order valence-electron chi connectivity index (χ2n) is 3.11. The van der Waals surface area contributed by atoms with Crippen molar-refractivity contribution in [3.8, 4) is 0 Å². The fourth-order valence-electron chi connectivity index (χ4n) is 1.03. The van der Waals surface area contributed by atoms with Gasteiger partial charge in [0.15, 0.2) is 0 Å². The number of hydrogen-bond acceptors (Lipinski definition) is 2. The molecule has 0 saturated carbocycles. The molecule has 1 amide bonds. The summed E-state index contributed by atoms with van der Waals surface area (Å²) in [5.74, 6) is -0.847. The topological polar surface area (TPSA) is 66.4 Å². The van der Waals surface area contributed by atoms with E-state index in [2.05, 4.69) is 5.32 Å².